The molecule has 2 nitrogen and oxygen atoms in total. The zero-order valence-corrected chi connectivity index (χ0v) is 6.74. The van der Waals surface area contributed by atoms with Gasteiger partial charge in [0.05, 0.1) is 0 Å². The Bertz CT molecular complexity index is 15.1. The Hall–Kier alpha value is 0.803. The van der Waals surface area contributed by atoms with Crippen LogP contribution in [0.4, 0.5) is 0 Å². The summed E-state index contributed by atoms with van der Waals surface area (Å²) in [4.78, 5) is 0. The van der Waals surface area contributed by atoms with Crippen LogP contribution < -0.4 is 0 Å². The minimum atomic E-state index is -0.855. The van der Waals surface area contributed by atoms with Gasteiger partial charge in [0, 0.05) is 0 Å². The average molecular weight is 271 g/mol. The summed E-state index contributed by atoms with van der Waals surface area (Å²) in [6, 6.07) is 0. The molecule has 0 saturated heterocycles. The zero-order chi connectivity index (χ0) is 4.12. The van der Waals surface area contributed by atoms with Crippen molar-refractivity contribution in [2.45, 2.75) is 0 Å². The third-order valence-corrected chi connectivity index (χ3v) is 1.31. The van der Waals surface area contributed by atoms with Gasteiger partial charge in [0.25, 0.3) is 0 Å². The van der Waals surface area contributed by atoms with Crippen LogP contribution in [0.25, 0.3) is 0 Å². The molecule has 0 fully saturated rings. The second kappa shape index (κ2) is 4.80. The van der Waals surface area contributed by atoms with Crippen LogP contribution in [0.1, 0.15) is 0 Å². The predicted octanol–water partition coefficient (Wildman–Crippen LogP) is -0.187. The molecule has 3 heteroatoms. The first kappa shape index (κ1) is 5.80. The fourth-order valence-electron chi connectivity index (χ4n) is 0.0745. The van der Waals surface area contributed by atoms with Gasteiger partial charge < -0.3 is 0 Å². The van der Waals surface area contributed by atoms with E-state index in [0.29, 0.717) is 0 Å². The van der Waals surface area contributed by atoms with Crippen molar-refractivity contribution in [2.24, 2.45) is 0 Å². The SMILES string of the molecule is C[O][Bi][O]C. The molecule has 0 atom stereocenters. The van der Waals surface area contributed by atoms with E-state index in [2.05, 4.69) is 5.63 Å². The van der Waals surface area contributed by atoms with Crippen LogP contribution in [0, 0.1) is 0 Å². The fourth-order valence-corrected chi connectivity index (χ4v) is 0.654. The van der Waals surface area contributed by atoms with Gasteiger partial charge in [0.1, 0.15) is 0 Å². The van der Waals surface area contributed by atoms with Crippen molar-refractivity contribution in [3.63, 3.8) is 0 Å². The molecule has 0 heterocycles. The summed E-state index contributed by atoms with van der Waals surface area (Å²) in [5.74, 6) is 0. The molecular weight excluding hydrogens is 265 g/mol. The van der Waals surface area contributed by atoms with Crippen molar-refractivity contribution in [1.82, 2.24) is 0 Å². The van der Waals surface area contributed by atoms with Crippen molar-refractivity contribution in [1.29, 1.82) is 0 Å². The van der Waals surface area contributed by atoms with Gasteiger partial charge >= 0.3 is 44.0 Å². The molecule has 0 bridgehead atoms. The molecule has 0 aromatic rings. The van der Waals surface area contributed by atoms with E-state index in [1.54, 1.807) is 14.2 Å². The molecule has 0 aliphatic heterocycles. The third kappa shape index (κ3) is 4.80. The van der Waals surface area contributed by atoms with Crippen LogP contribution in [-0.2, 0) is 5.63 Å². The maximum atomic E-state index is 4.65. The van der Waals surface area contributed by atoms with Crippen LogP contribution in [-0.4, -0.2) is 38.3 Å². The molecule has 1 radical (unpaired) electrons. The molecule has 0 aromatic carbocycles. The van der Waals surface area contributed by atoms with Gasteiger partial charge in [-0.25, -0.2) is 0 Å². The second-order valence-corrected chi connectivity index (χ2v) is 3.86. The van der Waals surface area contributed by atoms with Gasteiger partial charge in [-0.15, -0.1) is 0 Å². The van der Waals surface area contributed by atoms with Crippen molar-refractivity contribution in [3.05, 3.63) is 0 Å². The van der Waals surface area contributed by atoms with Crippen LogP contribution in [0.3, 0.4) is 0 Å². The van der Waals surface area contributed by atoms with E-state index in [1.165, 1.54) is 0 Å². The van der Waals surface area contributed by atoms with Crippen LogP contribution >= 0.6 is 0 Å². The first-order chi connectivity index (χ1) is 2.41. The van der Waals surface area contributed by atoms with E-state index in [9.17, 15) is 0 Å². The van der Waals surface area contributed by atoms with Gasteiger partial charge in [0.15, 0.2) is 0 Å². The van der Waals surface area contributed by atoms with E-state index in [4.69, 9.17) is 0 Å². The second-order valence-electron chi connectivity index (χ2n) is 0.440. The Labute approximate surface area is 44.3 Å². The zero-order valence-electron chi connectivity index (χ0n) is 3.26. The standard InChI is InChI=1S/2CH3O.Bi/c2*1-2;/h2*1H3;/q2*-1;+2. The molecule has 0 amide bonds. The normalized spacial score (nSPS) is 8.40. The molecule has 0 N–H and O–H groups in total. The van der Waals surface area contributed by atoms with E-state index >= 15 is 0 Å². The summed E-state index contributed by atoms with van der Waals surface area (Å²) >= 11 is -0.855. The Kier molecular flexibility index (Phi) is 5.57. The maximum absolute atomic E-state index is 4.65. The summed E-state index contributed by atoms with van der Waals surface area (Å²) in [5.41, 5.74) is 0. The summed E-state index contributed by atoms with van der Waals surface area (Å²) in [7, 11) is 3.33. The number of rotatable bonds is 2. The molecule has 0 aliphatic carbocycles. The van der Waals surface area contributed by atoms with Gasteiger partial charge in [-0.3, -0.25) is 0 Å². The van der Waals surface area contributed by atoms with Crippen LogP contribution in [0.15, 0.2) is 0 Å². The first-order valence-electron chi connectivity index (χ1n) is 1.18. The molecule has 5 heavy (non-hydrogen) atoms. The quantitative estimate of drug-likeness (QED) is 0.648. The van der Waals surface area contributed by atoms with E-state index < -0.39 is 24.1 Å². The van der Waals surface area contributed by atoms with Crippen molar-refractivity contribution in [3.8, 4) is 0 Å². The van der Waals surface area contributed by atoms with E-state index in [-0.39, 0.29) is 0 Å². The fraction of sp³-hybridized carbons (Fsp3) is 1.00. The molecule has 0 aliphatic rings. The van der Waals surface area contributed by atoms with Crippen molar-refractivity contribution >= 4 is 24.1 Å². The summed E-state index contributed by atoms with van der Waals surface area (Å²) in [6.07, 6.45) is 0. The van der Waals surface area contributed by atoms with Gasteiger partial charge in [-0.2, -0.15) is 0 Å². The van der Waals surface area contributed by atoms with Gasteiger partial charge in [-0.1, -0.05) is 0 Å². The topological polar surface area (TPSA) is 18.5 Å². The van der Waals surface area contributed by atoms with Crippen molar-refractivity contribution in [2.75, 3.05) is 14.2 Å². The molecule has 0 aromatic heterocycles. The molecule has 0 unspecified atom stereocenters. The molecule has 0 saturated carbocycles. The third-order valence-electron chi connectivity index (χ3n) is 0.149. The number of hydrogen-bond acceptors (Lipinski definition) is 2. The summed E-state index contributed by atoms with van der Waals surface area (Å²) in [5, 5.41) is 0. The van der Waals surface area contributed by atoms with Crippen LogP contribution in [0.5, 0.6) is 0 Å². The Morgan fingerprint density at radius 2 is 1.60 bits per heavy atom. The minimum absolute atomic E-state index is 0.855. The Balaban J connectivity index is 2.19. The predicted molar refractivity (Wildman–Crippen MR) is 19.8 cm³/mol. The summed E-state index contributed by atoms with van der Waals surface area (Å²) < 4.78 is 9.30. The number of hydrogen-bond donors (Lipinski definition) is 0. The van der Waals surface area contributed by atoms with Crippen molar-refractivity contribution < 1.29 is 5.63 Å². The Morgan fingerprint density at radius 1 is 1.20 bits per heavy atom. The molecular formula is C2H6BiO2. The molecule has 31 valence electrons. The van der Waals surface area contributed by atoms with Gasteiger partial charge in [-0.05, 0) is 0 Å². The van der Waals surface area contributed by atoms with E-state index in [0.717, 1.165) is 0 Å². The molecule has 0 rings (SSSR count). The molecule has 0 spiro atoms. The average Bonchev–Trinajstić information content (AvgIpc) is 1.41. The first-order valence-corrected chi connectivity index (χ1v) is 4.02. The van der Waals surface area contributed by atoms with Crippen LogP contribution in [0.2, 0.25) is 0 Å². The Morgan fingerprint density at radius 3 is 1.60 bits per heavy atom. The van der Waals surface area contributed by atoms with E-state index in [1.807, 2.05) is 0 Å². The summed E-state index contributed by atoms with van der Waals surface area (Å²) in [6.45, 7) is 0. The monoisotopic (exact) mass is 271 g/mol. The van der Waals surface area contributed by atoms with Gasteiger partial charge in [0.2, 0.25) is 0 Å².